The summed E-state index contributed by atoms with van der Waals surface area (Å²) in [6.45, 7) is 0.258. The van der Waals surface area contributed by atoms with Crippen LogP contribution in [0.2, 0.25) is 0 Å². The van der Waals surface area contributed by atoms with Crippen molar-refractivity contribution in [3.8, 4) is 5.75 Å². The number of carbonyl (C=O) groups excluding carboxylic acids is 1. The van der Waals surface area contributed by atoms with Gasteiger partial charge in [-0.05, 0) is 42.7 Å². The highest BCUT2D eigenvalue weighted by Gasteiger charge is 2.27. The number of nitrogens with zero attached hydrogens (tertiary/aromatic N) is 2. The third kappa shape index (κ3) is 6.48. The monoisotopic (exact) mass is 497 g/mol. The number of anilines is 1. The third-order valence-electron chi connectivity index (χ3n) is 6.40. The minimum absolute atomic E-state index is 0.0910. The average molecular weight is 498 g/mol. The van der Waals surface area contributed by atoms with Crippen molar-refractivity contribution in [1.29, 1.82) is 0 Å². The number of ether oxygens (including phenoxy) is 1. The molecule has 1 amide bonds. The molecule has 35 heavy (non-hydrogen) atoms. The number of rotatable bonds is 10. The molecule has 8 nitrogen and oxygen atoms in total. The van der Waals surface area contributed by atoms with Crippen LogP contribution < -0.4 is 10.1 Å². The Morgan fingerprint density at radius 3 is 2.57 bits per heavy atom. The first kappa shape index (κ1) is 24.9. The quantitative estimate of drug-likeness (QED) is 0.278. The van der Waals surface area contributed by atoms with E-state index in [2.05, 4.69) is 22.9 Å². The van der Waals surface area contributed by atoms with Crippen molar-refractivity contribution < 1.29 is 23.8 Å². The Morgan fingerprint density at radius 1 is 1.17 bits per heavy atom. The Bertz CT molecular complexity index is 1110. The maximum atomic E-state index is 12.7. The first-order chi connectivity index (χ1) is 16.9. The molecule has 2 atom stereocenters. The molecular weight excluding hydrogens is 466 g/mol. The molecule has 1 unspecified atom stereocenters. The first-order valence-corrected chi connectivity index (χ1v) is 12.4. The summed E-state index contributed by atoms with van der Waals surface area (Å²) in [4.78, 5) is 30.5. The number of benzene rings is 2. The van der Waals surface area contributed by atoms with Crippen LogP contribution >= 0.6 is 12.6 Å². The fourth-order valence-corrected chi connectivity index (χ4v) is 4.50. The van der Waals surface area contributed by atoms with E-state index in [1.807, 2.05) is 24.3 Å². The van der Waals surface area contributed by atoms with Gasteiger partial charge in [-0.3, -0.25) is 4.79 Å². The van der Waals surface area contributed by atoms with E-state index < -0.39 is 12.0 Å². The second-order valence-electron chi connectivity index (χ2n) is 8.95. The van der Waals surface area contributed by atoms with Crippen LogP contribution in [0, 0.1) is 5.92 Å². The molecule has 0 bridgehead atoms. The van der Waals surface area contributed by atoms with Gasteiger partial charge in [-0.15, -0.1) is 0 Å². The van der Waals surface area contributed by atoms with Crippen molar-refractivity contribution in [3.05, 3.63) is 54.1 Å². The summed E-state index contributed by atoms with van der Waals surface area (Å²) in [6.07, 6.45) is 5.56. The lowest BCUT2D eigenvalue weighted by Gasteiger charge is -2.30. The lowest BCUT2D eigenvalue weighted by molar-refractivity contribution is -0.138. The number of aliphatic carboxylic acids is 1. The van der Waals surface area contributed by atoms with E-state index >= 15 is 0 Å². The number of aromatic nitrogens is 1. The van der Waals surface area contributed by atoms with Crippen molar-refractivity contribution in [3.63, 3.8) is 0 Å². The van der Waals surface area contributed by atoms with Gasteiger partial charge in [0.25, 0.3) is 6.01 Å². The summed E-state index contributed by atoms with van der Waals surface area (Å²) < 4.78 is 11.4. The zero-order valence-corrected chi connectivity index (χ0v) is 20.6. The molecule has 4 rings (SSSR count). The SMILES string of the molecule is CN(C(=O)C1CCCCC1)C(S)COc1ccc(C[C@H](Nc2nc3ccccc3o2)C(=O)O)cc1. The molecule has 1 fully saturated rings. The zero-order chi connectivity index (χ0) is 24.8. The molecule has 3 aromatic rings. The van der Waals surface area contributed by atoms with Crippen LogP contribution in [0.5, 0.6) is 5.75 Å². The minimum atomic E-state index is -1.00. The molecule has 186 valence electrons. The second kappa shape index (κ2) is 11.5. The van der Waals surface area contributed by atoms with Crippen molar-refractivity contribution in [2.45, 2.75) is 49.9 Å². The predicted molar refractivity (Wildman–Crippen MR) is 137 cm³/mol. The van der Waals surface area contributed by atoms with Crippen LogP contribution in [0.25, 0.3) is 11.1 Å². The molecule has 1 aromatic heterocycles. The standard InChI is InChI=1S/C26H31N3O5S/c1-29(24(30)18-7-3-2-4-8-18)23(35)16-33-19-13-11-17(12-14-19)15-21(25(31)32)28-26-27-20-9-5-6-10-22(20)34-26/h5-6,9-14,18,21,23,35H,2-4,7-8,15-16H2,1H3,(H,27,28)(H,31,32)/t21-,23?/m0/s1. The zero-order valence-electron chi connectivity index (χ0n) is 19.7. The maximum Gasteiger partial charge on any atom is 0.326 e. The minimum Gasteiger partial charge on any atom is -0.491 e. The lowest BCUT2D eigenvalue weighted by Crippen LogP contribution is -2.41. The molecule has 2 aromatic carbocycles. The average Bonchev–Trinajstić information content (AvgIpc) is 3.29. The van der Waals surface area contributed by atoms with Crippen LogP contribution in [-0.2, 0) is 16.0 Å². The largest absolute Gasteiger partial charge is 0.491 e. The van der Waals surface area contributed by atoms with E-state index in [4.69, 9.17) is 9.15 Å². The molecule has 1 aliphatic rings. The van der Waals surface area contributed by atoms with Gasteiger partial charge in [0, 0.05) is 19.4 Å². The Kier molecular flexibility index (Phi) is 8.17. The number of oxazole rings is 1. The lowest BCUT2D eigenvalue weighted by atomic mass is 9.88. The fourth-order valence-electron chi connectivity index (χ4n) is 4.31. The van der Waals surface area contributed by atoms with Crippen LogP contribution in [0.4, 0.5) is 6.01 Å². The number of carbonyl (C=O) groups is 2. The van der Waals surface area contributed by atoms with Crippen molar-refractivity contribution >= 4 is 41.6 Å². The Hall–Kier alpha value is -3.20. The maximum absolute atomic E-state index is 12.7. The number of hydrogen-bond acceptors (Lipinski definition) is 7. The van der Waals surface area contributed by atoms with E-state index in [9.17, 15) is 14.7 Å². The second-order valence-corrected chi connectivity index (χ2v) is 9.54. The molecule has 2 N–H and O–H groups in total. The van der Waals surface area contributed by atoms with E-state index in [-0.39, 0.29) is 36.2 Å². The Labute approximate surface area is 210 Å². The van der Waals surface area contributed by atoms with E-state index in [0.29, 0.717) is 16.8 Å². The third-order valence-corrected chi connectivity index (χ3v) is 6.90. The number of fused-ring (bicyclic) bond motifs is 1. The Balaban J connectivity index is 1.30. The number of carboxylic acid groups (broad SMARTS) is 1. The van der Waals surface area contributed by atoms with Crippen LogP contribution in [0.1, 0.15) is 37.7 Å². The number of hydrogen-bond donors (Lipinski definition) is 3. The molecule has 1 heterocycles. The van der Waals surface area contributed by atoms with E-state index in [1.54, 1.807) is 36.2 Å². The van der Waals surface area contributed by atoms with Crippen molar-refractivity contribution in [1.82, 2.24) is 9.88 Å². The number of likely N-dealkylation sites (N-methyl/N-ethyl adjacent to an activating group) is 1. The highest BCUT2D eigenvalue weighted by molar-refractivity contribution is 7.80. The van der Waals surface area contributed by atoms with Gasteiger partial charge in [-0.1, -0.05) is 43.5 Å². The summed E-state index contributed by atoms with van der Waals surface area (Å²) in [5.74, 6) is -0.149. The van der Waals surface area contributed by atoms with Gasteiger partial charge in [0.05, 0.1) is 0 Å². The van der Waals surface area contributed by atoms with E-state index in [1.165, 1.54) is 6.42 Å². The molecule has 9 heteroatoms. The summed E-state index contributed by atoms with van der Waals surface area (Å²) >= 11 is 4.56. The van der Waals surface area contributed by atoms with Gasteiger partial charge < -0.3 is 24.5 Å². The number of amides is 1. The summed E-state index contributed by atoms with van der Waals surface area (Å²) in [5.41, 5.74) is 2.07. The molecule has 0 aliphatic heterocycles. The number of carboxylic acids is 1. The summed E-state index contributed by atoms with van der Waals surface area (Å²) in [5, 5.41) is 12.2. The highest BCUT2D eigenvalue weighted by Crippen LogP contribution is 2.26. The topological polar surface area (TPSA) is 105 Å². The molecule has 1 aliphatic carbocycles. The Morgan fingerprint density at radius 2 is 1.89 bits per heavy atom. The predicted octanol–water partition coefficient (Wildman–Crippen LogP) is 4.61. The molecule has 0 spiro atoms. The van der Waals surface area contributed by atoms with E-state index in [0.717, 1.165) is 31.2 Å². The van der Waals surface area contributed by atoms with Gasteiger partial charge in [-0.25, -0.2) is 4.79 Å². The van der Waals surface area contributed by atoms with Gasteiger partial charge in [0.2, 0.25) is 5.91 Å². The smallest absolute Gasteiger partial charge is 0.326 e. The number of para-hydroxylation sites is 2. The van der Waals surface area contributed by atoms with Gasteiger partial charge in [0.15, 0.2) is 5.58 Å². The highest BCUT2D eigenvalue weighted by atomic mass is 32.1. The molecule has 1 saturated carbocycles. The first-order valence-electron chi connectivity index (χ1n) is 11.9. The van der Waals surface area contributed by atoms with Gasteiger partial charge in [0.1, 0.15) is 29.3 Å². The normalized spacial score (nSPS) is 15.9. The van der Waals surface area contributed by atoms with Crippen LogP contribution in [-0.4, -0.2) is 51.9 Å². The van der Waals surface area contributed by atoms with Crippen molar-refractivity contribution in [2.75, 3.05) is 19.0 Å². The van der Waals surface area contributed by atoms with Gasteiger partial charge in [-0.2, -0.15) is 17.6 Å². The summed E-state index contributed by atoms with van der Waals surface area (Å²) in [7, 11) is 1.77. The summed E-state index contributed by atoms with van der Waals surface area (Å²) in [6, 6.07) is 13.7. The number of thiol groups is 1. The molecule has 0 radical (unpaired) electrons. The fraction of sp³-hybridized carbons (Fsp3) is 0.423. The van der Waals surface area contributed by atoms with Crippen molar-refractivity contribution in [2.24, 2.45) is 5.92 Å². The molecule has 0 saturated heterocycles. The molecular formula is C26H31N3O5S. The van der Waals surface area contributed by atoms with Crippen LogP contribution in [0.3, 0.4) is 0 Å². The van der Waals surface area contributed by atoms with Crippen LogP contribution in [0.15, 0.2) is 52.9 Å². The number of nitrogens with one attached hydrogen (secondary N) is 1. The van der Waals surface area contributed by atoms with Gasteiger partial charge >= 0.3 is 5.97 Å².